The van der Waals surface area contributed by atoms with Crippen molar-refractivity contribution >= 4 is 21.8 Å². The second kappa shape index (κ2) is 5.36. The molecule has 0 atom stereocenters. The Kier molecular flexibility index (Phi) is 3.99. The highest BCUT2D eigenvalue weighted by atomic mass is 79.9. The van der Waals surface area contributed by atoms with Crippen LogP contribution in [0.3, 0.4) is 0 Å². The van der Waals surface area contributed by atoms with E-state index in [2.05, 4.69) is 15.9 Å². The van der Waals surface area contributed by atoms with Crippen molar-refractivity contribution < 1.29 is 18.0 Å². The fourth-order valence-corrected chi connectivity index (χ4v) is 2.36. The number of carbonyl (C=O) groups excluding carboxylic acids is 1. The number of rotatable bonds is 1. The van der Waals surface area contributed by atoms with Gasteiger partial charge in [0.2, 0.25) is 0 Å². The molecule has 0 fully saturated rings. The van der Waals surface area contributed by atoms with Crippen LogP contribution in [0, 0.1) is 0 Å². The molecule has 0 bridgehead atoms. The van der Waals surface area contributed by atoms with Crippen molar-refractivity contribution in [3.8, 4) is 0 Å². The highest BCUT2D eigenvalue weighted by Gasteiger charge is 2.34. The largest absolute Gasteiger partial charge is 0.417 e. The van der Waals surface area contributed by atoms with Crippen LogP contribution in [0.5, 0.6) is 0 Å². The van der Waals surface area contributed by atoms with Crippen LogP contribution in [0.1, 0.15) is 22.3 Å². The first-order valence-electron chi connectivity index (χ1n) is 5.70. The number of nitrogens with zero attached hydrogens (tertiary/aromatic N) is 1. The van der Waals surface area contributed by atoms with E-state index in [4.69, 9.17) is 0 Å². The summed E-state index contributed by atoms with van der Waals surface area (Å²) in [6, 6.07) is 3.56. The van der Waals surface area contributed by atoms with Gasteiger partial charge in [-0.2, -0.15) is 13.2 Å². The first-order chi connectivity index (χ1) is 8.89. The third-order valence-electron chi connectivity index (χ3n) is 2.86. The molecule has 1 aromatic rings. The van der Waals surface area contributed by atoms with Crippen molar-refractivity contribution in [3.05, 3.63) is 46.0 Å². The number of benzene rings is 1. The summed E-state index contributed by atoms with van der Waals surface area (Å²) in [6.45, 7) is 0.975. The van der Waals surface area contributed by atoms with E-state index < -0.39 is 11.7 Å². The molecule has 0 saturated carbocycles. The molecule has 19 heavy (non-hydrogen) atoms. The van der Waals surface area contributed by atoms with Gasteiger partial charge in [0.15, 0.2) is 0 Å². The minimum absolute atomic E-state index is 0.0601. The molecular formula is C13H11BrF3NO. The van der Waals surface area contributed by atoms with E-state index in [1.807, 2.05) is 12.2 Å². The lowest BCUT2D eigenvalue weighted by atomic mass is 10.1. The summed E-state index contributed by atoms with van der Waals surface area (Å²) in [5.41, 5.74) is -0.767. The van der Waals surface area contributed by atoms with Crippen molar-refractivity contribution in [2.75, 3.05) is 13.1 Å². The van der Waals surface area contributed by atoms with E-state index in [0.717, 1.165) is 12.5 Å². The summed E-state index contributed by atoms with van der Waals surface area (Å²) in [6.07, 6.45) is 0.0444. The molecule has 6 heteroatoms. The minimum Gasteiger partial charge on any atom is -0.335 e. The second-order valence-corrected chi connectivity index (χ2v) is 5.06. The molecule has 0 unspecified atom stereocenters. The summed E-state index contributed by atoms with van der Waals surface area (Å²) >= 11 is 2.86. The predicted molar refractivity (Wildman–Crippen MR) is 68.8 cm³/mol. The van der Waals surface area contributed by atoms with Crippen molar-refractivity contribution in [1.29, 1.82) is 0 Å². The Labute approximate surface area is 117 Å². The van der Waals surface area contributed by atoms with Gasteiger partial charge in [-0.05, 0) is 24.6 Å². The van der Waals surface area contributed by atoms with Crippen molar-refractivity contribution in [2.24, 2.45) is 0 Å². The molecule has 0 spiro atoms. The monoisotopic (exact) mass is 333 g/mol. The number of hydrogen-bond acceptors (Lipinski definition) is 1. The molecule has 1 aromatic carbocycles. The Morgan fingerprint density at radius 3 is 2.58 bits per heavy atom. The number of alkyl halides is 3. The number of amides is 1. The molecule has 1 amide bonds. The lowest BCUT2D eigenvalue weighted by molar-refractivity contribution is -0.138. The van der Waals surface area contributed by atoms with Gasteiger partial charge in [0.1, 0.15) is 0 Å². The first-order valence-corrected chi connectivity index (χ1v) is 6.50. The van der Waals surface area contributed by atoms with E-state index >= 15 is 0 Å². The average molecular weight is 334 g/mol. The highest BCUT2D eigenvalue weighted by Crippen LogP contribution is 2.35. The van der Waals surface area contributed by atoms with Crippen LogP contribution in [0.15, 0.2) is 34.8 Å². The van der Waals surface area contributed by atoms with E-state index in [0.29, 0.717) is 13.1 Å². The van der Waals surface area contributed by atoms with Crippen LogP contribution >= 0.6 is 15.9 Å². The van der Waals surface area contributed by atoms with Crippen LogP contribution in [0.4, 0.5) is 13.2 Å². The van der Waals surface area contributed by atoms with Gasteiger partial charge in [0.25, 0.3) is 5.91 Å². The molecule has 0 saturated heterocycles. The zero-order valence-corrected chi connectivity index (χ0v) is 11.5. The summed E-state index contributed by atoms with van der Waals surface area (Å²) < 4.78 is 38.2. The predicted octanol–water partition coefficient (Wildman–Crippen LogP) is 3.87. The Morgan fingerprint density at radius 1 is 1.26 bits per heavy atom. The summed E-state index contributed by atoms with van der Waals surface area (Å²) in [5, 5.41) is 0. The zero-order valence-electron chi connectivity index (χ0n) is 9.88. The first kappa shape index (κ1) is 14.1. The molecule has 0 radical (unpaired) electrons. The Bertz CT molecular complexity index is 525. The zero-order chi connectivity index (χ0) is 14.0. The van der Waals surface area contributed by atoms with Crippen LogP contribution in [0.2, 0.25) is 0 Å². The van der Waals surface area contributed by atoms with Crippen LogP contribution in [-0.4, -0.2) is 23.9 Å². The van der Waals surface area contributed by atoms with Gasteiger partial charge in [-0.1, -0.05) is 28.1 Å². The molecule has 0 aromatic heterocycles. The van der Waals surface area contributed by atoms with Gasteiger partial charge in [0, 0.05) is 23.1 Å². The summed E-state index contributed by atoms with van der Waals surface area (Å²) in [4.78, 5) is 13.6. The van der Waals surface area contributed by atoms with Gasteiger partial charge >= 0.3 is 6.18 Å². The van der Waals surface area contributed by atoms with Crippen molar-refractivity contribution in [1.82, 2.24) is 4.90 Å². The summed E-state index contributed by atoms with van der Waals surface area (Å²) in [7, 11) is 0. The van der Waals surface area contributed by atoms with Gasteiger partial charge in [0.05, 0.1) is 5.56 Å². The Hall–Kier alpha value is -1.30. The van der Waals surface area contributed by atoms with Gasteiger partial charge in [-0.3, -0.25) is 4.79 Å². The fourth-order valence-electron chi connectivity index (χ4n) is 1.88. The van der Waals surface area contributed by atoms with Gasteiger partial charge < -0.3 is 4.90 Å². The topological polar surface area (TPSA) is 20.3 Å². The maximum absolute atomic E-state index is 12.8. The molecular weight excluding hydrogens is 323 g/mol. The molecule has 1 aliphatic rings. The van der Waals surface area contributed by atoms with Crippen LogP contribution in [0.25, 0.3) is 0 Å². The maximum Gasteiger partial charge on any atom is 0.417 e. The molecule has 102 valence electrons. The van der Waals surface area contributed by atoms with E-state index in [1.54, 1.807) is 0 Å². The third kappa shape index (κ3) is 3.18. The summed E-state index contributed by atoms with van der Waals surface area (Å²) in [5.74, 6) is -0.373. The highest BCUT2D eigenvalue weighted by molar-refractivity contribution is 9.10. The van der Waals surface area contributed by atoms with Gasteiger partial charge in [-0.15, -0.1) is 0 Å². The normalized spacial score (nSPS) is 15.7. The molecule has 2 rings (SSSR count). The molecule has 0 N–H and O–H groups in total. The molecule has 1 aliphatic heterocycles. The minimum atomic E-state index is -4.48. The van der Waals surface area contributed by atoms with E-state index in [-0.39, 0.29) is 15.9 Å². The number of halogens is 4. The van der Waals surface area contributed by atoms with Gasteiger partial charge in [-0.25, -0.2) is 0 Å². The van der Waals surface area contributed by atoms with E-state index in [1.165, 1.54) is 17.0 Å². The number of hydrogen-bond donors (Lipinski definition) is 0. The third-order valence-corrected chi connectivity index (χ3v) is 3.56. The quantitative estimate of drug-likeness (QED) is 0.714. The SMILES string of the molecule is O=C(c1ccc(Br)c(C(F)(F)F)c1)N1CC=CCC1. The van der Waals surface area contributed by atoms with Crippen molar-refractivity contribution in [3.63, 3.8) is 0 Å². The number of carbonyl (C=O) groups is 1. The molecule has 1 heterocycles. The lowest BCUT2D eigenvalue weighted by Crippen LogP contribution is -2.33. The van der Waals surface area contributed by atoms with E-state index in [9.17, 15) is 18.0 Å². The fraction of sp³-hybridized carbons (Fsp3) is 0.308. The molecule has 0 aliphatic carbocycles. The lowest BCUT2D eigenvalue weighted by Gasteiger charge is -2.23. The second-order valence-electron chi connectivity index (χ2n) is 4.20. The smallest absolute Gasteiger partial charge is 0.335 e. The Morgan fingerprint density at radius 2 is 2.00 bits per heavy atom. The van der Waals surface area contributed by atoms with Crippen LogP contribution < -0.4 is 0 Å². The average Bonchev–Trinajstić information content (AvgIpc) is 2.38. The standard InChI is InChI=1S/C13H11BrF3NO/c14-11-5-4-9(8-10(11)13(15,16)17)12(19)18-6-2-1-3-7-18/h1-2,4-5,8H,3,6-7H2. The maximum atomic E-state index is 12.8. The van der Waals surface area contributed by atoms with Crippen LogP contribution in [-0.2, 0) is 6.18 Å². The molecule has 2 nitrogen and oxygen atoms in total. The Balaban J connectivity index is 2.30. The van der Waals surface area contributed by atoms with Crippen molar-refractivity contribution in [2.45, 2.75) is 12.6 Å².